The van der Waals surface area contributed by atoms with Crippen LogP contribution in [0.25, 0.3) is 0 Å². The second kappa shape index (κ2) is 36.9. The summed E-state index contributed by atoms with van der Waals surface area (Å²) in [5, 5.41) is 40.4. The number of rotatable bonds is 15. The largest absolute Gasteiger partial charge is 0.481 e. The van der Waals surface area contributed by atoms with Crippen LogP contribution in [0, 0.1) is 5.92 Å². The first-order valence-electron chi connectivity index (χ1n) is 12.9. The van der Waals surface area contributed by atoms with Gasteiger partial charge in [0.15, 0.2) is 0 Å². The molecule has 0 saturated carbocycles. The SMILES string of the molecule is CCCC(=O)O.CCCC(=O)O.CCCC(=O)O.CCCC(=O)O.CCCCCCC(CC)C(=O)O. The number of hydrogen-bond donors (Lipinski definition) is 5. The zero-order chi connectivity index (χ0) is 29.4. The lowest BCUT2D eigenvalue weighted by atomic mass is 9.99. The molecule has 0 aliphatic carbocycles. The van der Waals surface area contributed by atoms with Gasteiger partial charge in [0, 0.05) is 25.7 Å². The van der Waals surface area contributed by atoms with Gasteiger partial charge in [0.05, 0.1) is 5.92 Å². The van der Waals surface area contributed by atoms with Crippen molar-refractivity contribution in [2.75, 3.05) is 0 Å². The molecule has 0 aliphatic rings. The predicted octanol–water partition coefficient (Wildman–Crippen LogP) is 6.55. The van der Waals surface area contributed by atoms with Crippen LogP contribution in [-0.2, 0) is 24.0 Å². The fraction of sp³-hybridized carbons (Fsp3) is 0.808. The van der Waals surface area contributed by atoms with Gasteiger partial charge in [-0.15, -0.1) is 0 Å². The van der Waals surface area contributed by atoms with E-state index in [0.717, 1.165) is 44.9 Å². The van der Waals surface area contributed by atoms with Gasteiger partial charge in [-0.1, -0.05) is 67.2 Å². The normalized spacial score (nSPS) is 9.72. The van der Waals surface area contributed by atoms with Crippen molar-refractivity contribution in [2.24, 2.45) is 5.92 Å². The maximum Gasteiger partial charge on any atom is 0.306 e. The molecule has 0 rings (SSSR count). The number of carbonyl (C=O) groups is 5. The van der Waals surface area contributed by atoms with E-state index in [1.165, 1.54) is 19.3 Å². The summed E-state index contributed by atoms with van der Waals surface area (Å²) in [6.07, 6.45) is 10.4. The number of carboxylic acids is 5. The number of unbranched alkanes of at least 4 members (excludes halogenated alkanes) is 3. The first-order valence-corrected chi connectivity index (χ1v) is 12.9. The Morgan fingerprint density at radius 3 is 0.917 bits per heavy atom. The molecule has 0 amide bonds. The molecule has 216 valence electrons. The average Bonchev–Trinajstić information content (AvgIpc) is 2.75. The van der Waals surface area contributed by atoms with Crippen LogP contribution in [-0.4, -0.2) is 55.4 Å². The molecule has 1 unspecified atom stereocenters. The molecule has 0 aromatic rings. The van der Waals surface area contributed by atoms with Gasteiger partial charge in [-0.05, 0) is 38.5 Å². The number of carboxylic acid groups (broad SMARTS) is 5. The molecule has 10 nitrogen and oxygen atoms in total. The molecule has 0 saturated heterocycles. The average molecular weight is 525 g/mol. The van der Waals surface area contributed by atoms with Crippen LogP contribution in [0.1, 0.15) is 131 Å². The minimum absolute atomic E-state index is 0.109. The minimum atomic E-state index is -0.711. The van der Waals surface area contributed by atoms with E-state index in [1.54, 1.807) is 0 Å². The number of aliphatic carboxylic acids is 5. The standard InChI is InChI=1S/C10H20O2.4C4H8O2/c1-3-5-6-7-8-9(4-2)10(11)12;4*1-2-3-4(5)6/h9H,3-8H2,1-2H3,(H,11,12);4*2-3H2,1H3,(H,5,6). The zero-order valence-corrected chi connectivity index (χ0v) is 23.3. The summed E-state index contributed by atoms with van der Waals surface area (Å²) in [5.74, 6) is -3.58. The maximum atomic E-state index is 10.6. The highest BCUT2D eigenvalue weighted by Crippen LogP contribution is 2.14. The van der Waals surface area contributed by atoms with Crippen molar-refractivity contribution in [3.05, 3.63) is 0 Å². The Balaban J connectivity index is -0.000000116. The summed E-state index contributed by atoms with van der Waals surface area (Å²) in [6, 6.07) is 0. The van der Waals surface area contributed by atoms with Gasteiger partial charge < -0.3 is 25.5 Å². The third-order valence-electron chi connectivity index (χ3n) is 4.10. The Labute approximate surface area is 217 Å². The molecule has 0 bridgehead atoms. The van der Waals surface area contributed by atoms with Crippen LogP contribution in [0.3, 0.4) is 0 Å². The molecule has 0 aliphatic heterocycles. The second-order valence-electron chi connectivity index (χ2n) is 7.87. The first-order chi connectivity index (χ1) is 16.8. The Kier molecular flexibility index (Phi) is 44.5. The summed E-state index contributed by atoms with van der Waals surface area (Å²) in [6.45, 7) is 11.5. The maximum absolute atomic E-state index is 10.6. The van der Waals surface area contributed by atoms with Crippen LogP contribution in [0.15, 0.2) is 0 Å². The highest BCUT2D eigenvalue weighted by atomic mass is 16.4. The van der Waals surface area contributed by atoms with Crippen LogP contribution in [0.5, 0.6) is 0 Å². The highest BCUT2D eigenvalue weighted by molar-refractivity contribution is 5.69. The van der Waals surface area contributed by atoms with E-state index >= 15 is 0 Å². The topological polar surface area (TPSA) is 186 Å². The smallest absolute Gasteiger partial charge is 0.306 e. The lowest BCUT2D eigenvalue weighted by Crippen LogP contribution is -2.12. The summed E-state index contributed by atoms with van der Waals surface area (Å²) < 4.78 is 0. The van der Waals surface area contributed by atoms with Gasteiger partial charge in [0.25, 0.3) is 0 Å². The molecule has 0 spiro atoms. The monoisotopic (exact) mass is 524 g/mol. The molecular formula is C26H52O10. The Hall–Kier alpha value is -2.65. The summed E-state index contributed by atoms with van der Waals surface area (Å²) in [5.41, 5.74) is 0. The van der Waals surface area contributed by atoms with Gasteiger partial charge in [-0.25, -0.2) is 0 Å². The summed E-state index contributed by atoms with van der Waals surface area (Å²) in [4.78, 5) is 49.0. The van der Waals surface area contributed by atoms with E-state index in [1.807, 2.05) is 34.6 Å². The van der Waals surface area contributed by atoms with E-state index in [2.05, 4.69) is 6.92 Å². The lowest BCUT2D eigenvalue weighted by molar-refractivity contribution is -0.142. The Morgan fingerprint density at radius 1 is 0.472 bits per heavy atom. The second-order valence-corrected chi connectivity index (χ2v) is 7.87. The van der Waals surface area contributed by atoms with Gasteiger partial charge in [0.2, 0.25) is 0 Å². The quantitative estimate of drug-likeness (QED) is 0.147. The van der Waals surface area contributed by atoms with Gasteiger partial charge in [-0.2, -0.15) is 0 Å². The van der Waals surface area contributed by atoms with Crippen molar-refractivity contribution in [3.8, 4) is 0 Å². The van der Waals surface area contributed by atoms with E-state index < -0.39 is 29.8 Å². The molecule has 10 heteroatoms. The van der Waals surface area contributed by atoms with Crippen LogP contribution >= 0.6 is 0 Å². The van der Waals surface area contributed by atoms with E-state index in [4.69, 9.17) is 25.5 Å². The molecule has 0 radical (unpaired) electrons. The predicted molar refractivity (Wildman–Crippen MR) is 140 cm³/mol. The first kappa shape index (κ1) is 43.4. The van der Waals surface area contributed by atoms with Gasteiger partial charge >= 0.3 is 29.8 Å². The summed E-state index contributed by atoms with van der Waals surface area (Å²) in [7, 11) is 0. The van der Waals surface area contributed by atoms with Gasteiger partial charge in [0.1, 0.15) is 0 Å². The van der Waals surface area contributed by atoms with Crippen LogP contribution < -0.4 is 0 Å². The van der Waals surface area contributed by atoms with Crippen molar-refractivity contribution in [3.63, 3.8) is 0 Å². The minimum Gasteiger partial charge on any atom is -0.481 e. The molecule has 1 atom stereocenters. The molecule has 36 heavy (non-hydrogen) atoms. The molecule has 0 aromatic carbocycles. The molecule has 0 fully saturated rings. The Morgan fingerprint density at radius 2 is 0.778 bits per heavy atom. The van der Waals surface area contributed by atoms with Crippen molar-refractivity contribution >= 4 is 29.8 Å². The zero-order valence-electron chi connectivity index (χ0n) is 23.3. The highest BCUT2D eigenvalue weighted by Gasteiger charge is 2.13. The fourth-order valence-electron chi connectivity index (χ4n) is 2.18. The molecule has 0 heterocycles. The van der Waals surface area contributed by atoms with E-state index in [9.17, 15) is 24.0 Å². The van der Waals surface area contributed by atoms with Crippen LogP contribution in [0.4, 0.5) is 0 Å². The third-order valence-corrected chi connectivity index (χ3v) is 4.10. The lowest BCUT2D eigenvalue weighted by Gasteiger charge is -2.08. The third kappa shape index (κ3) is 63.4. The number of hydrogen-bond acceptors (Lipinski definition) is 5. The van der Waals surface area contributed by atoms with Crippen molar-refractivity contribution in [1.82, 2.24) is 0 Å². The molecule has 5 N–H and O–H groups in total. The van der Waals surface area contributed by atoms with E-state index in [-0.39, 0.29) is 5.92 Å². The van der Waals surface area contributed by atoms with Crippen molar-refractivity contribution in [1.29, 1.82) is 0 Å². The Bertz CT molecular complexity index is 469. The van der Waals surface area contributed by atoms with E-state index in [0.29, 0.717) is 25.7 Å². The summed E-state index contributed by atoms with van der Waals surface area (Å²) >= 11 is 0. The van der Waals surface area contributed by atoms with Crippen LogP contribution in [0.2, 0.25) is 0 Å². The van der Waals surface area contributed by atoms with Gasteiger partial charge in [-0.3, -0.25) is 24.0 Å². The molecular weight excluding hydrogens is 472 g/mol. The fourth-order valence-corrected chi connectivity index (χ4v) is 2.18. The molecule has 0 aromatic heterocycles. The van der Waals surface area contributed by atoms with Crippen molar-refractivity contribution < 1.29 is 49.5 Å². The van der Waals surface area contributed by atoms with Crippen molar-refractivity contribution in [2.45, 2.75) is 131 Å².